The number of ether oxygens (including phenoxy) is 1. The molecule has 1 saturated heterocycles. The van der Waals surface area contributed by atoms with E-state index in [1.807, 2.05) is 24.4 Å². The number of H-pyrrole nitrogens is 1. The zero-order valence-corrected chi connectivity index (χ0v) is 21.4. The summed E-state index contributed by atoms with van der Waals surface area (Å²) in [4.78, 5) is 6.00. The first-order valence-electron chi connectivity index (χ1n) is 12.3. The normalized spacial score (nSPS) is 18.1. The van der Waals surface area contributed by atoms with Crippen molar-refractivity contribution in [2.45, 2.75) is 30.6 Å². The number of aromatic amines is 1. The monoisotopic (exact) mass is 516 g/mol. The number of aromatic nitrogens is 1. The Balaban J connectivity index is 1.09. The van der Waals surface area contributed by atoms with Gasteiger partial charge in [0.05, 0.1) is 11.5 Å². The fourth-order valence-electron chi connectivity index (χ4n) is 4.75. The molecule has 2 fully saturated rings. The fourth-order valence-corrected chi connectivity index (χ4v) is 5.99. The smallest absolute Gasteiger partial charge is 0.240 e. The average Bonchev–Trinajstić information content (AvgIpc) is 3.51. The van der Waals surface area contributed by atoms with Crippen LogP contribution in [-0.2, 0) is 16.4 Å². The highest BCUT2D eigenvalue weighted by Crippen LogP contribution is 2.46. The number of hydrogen-bond donors (Lipinski definition) is 3. The predicted octanol–water partition coefficient (Wildman–Crippen LogP) is 3.80. The summed E-state index contributed by atoms with van der Waals surface area (Å²) in [5.74, 6) is 0.716. The van der Waals surface area contributed by atoms with Gasteiger partial charge in [0.25, 0.3) is 0 Å². The zero-order valence-electron chi connectivity index (χ0n) is 19.9. The Morgan fingerprint density at radius 1 is 1.09 bits per heavy atom. The third kappa shape index (κ3) is 6.19. The number of fused-ring (bicyclic) bond motifs is 1. The number of halogens is 1. The van der Waals surface area contributed by atoms with E-state index in [1.165, 1.54) is 12.8 Å². The maximum absolute atomic E-state index is 12.7. The second-order valence-electron chi connectivity index (χ2n) is 9.79. The molecule has 3 N–H and O–H groups in total. The van der Waals surface area contributed by atoms with Gasteiger partial charge in [-0.05, 0) is 73.7 Å². The number of aryl methyl sites for hydroxylation is 1. The predicted molar refractivity (Wildman–Crippen MR) is 140 cm³/mol. The Kier molecular flexibility index (Phi) is 7.37. The van der Waals surface area contributed by atoms with Crippen molar-refractivity contribution in [3.8, 4) is 5.75 Å². The standard InChI is InChI=1S/C26H33ClN4O3S/c27-21-3-8-25-24(16-21)20(17-29-25)2-1-11-30-35(32,33)23-6-4-22(5-7-23)34-19-26(9-10-26)18-31-14-12-28-13-15-31/h3-8,16-17,28-30H,1-2,9-15,18-19H2. The van der Waals surface area contributed by atoms with Crippen LogP contribution >= 0.6 is 11.6 Å². The van der Waals surface area contributed by atoms with E-state index in [4.69, 9.17) is 16.3 Å². The van der Waals surface area contributed by atoms with Crippen LogP contribution < -0.4 is 14.8 Å². The molecule has 0 amide bonds. The van der Waals surface area contributed by atoms with Gasteiger partial charge in [0.1, 0.15) is 5.75 Å². The van der Waals surface area contributed by atoms with E-state index in [9.17, 15) is 8.42 Å². The topological polar surface area (TPSA) is 86.5 Å². The van der Waals surface area contributed by atoms with E-state index in [-0.39, 0.29) is 10.3 Å². The Morgan fingerprint density at radius 2 is 1.86 bits per heavy atom. The fraction of sp³-hybridized carbons (Fsp3) is 0.462. The van der Waals surface area contributed by atoms with Crippen molar-refractivity contribution in [3.63, 3.8) is 0 Å². The second-order valence-corrected chi connectivity index (χ2v) is 12.0. The molecule has 1 aliphatic heterocycles. The highest BCUT2D eigenvalue weighted by atomic mass is 35.5. The second kappa shape index (κ2) is 10.5. The molecule has 0 bridgehead atoms. The van der Waals surface area contributed by atoms with Crippen molar-refractivity contribution >= 4 is 32.5 Å². The molecule has 3 aromatic rings. The van der Waals surface area contributed by atoms with Gasteiger partial charge in [0.2, 0.25) is 10.0 Å². The van der Waals surface area contributed by atoms with E-state index in [0.717, 1.165) is 55.6 Å². The number of sulfonamides is 1. The largest absolute Gasteiger partial charge is 0.493 e. The van der Waals surface area contributed by atoms with Crippen LogP contribution in [0.25, 0.3) is 10.9 Å². The van der Waals surface area contributed by atoms with E-state index in [2.05, 4.69) is 19.9 Å². The zero-order chi connectivity index (χ0) is 24.3. The lowest BCUT2D eigenvalue weighted by molar-refractivity contribution is 0.149. The molecule has 1 aliphatic carbocycles. The molecule has 2 aromatic carbocycles. The summed E-state index contributed by atoms with van der Waals surface area (Å²) in [5, 5.41) is 5.17. The van der Waals surface area contributed by atoms with Crippen LogP contribution in [-0.4, -0.2) is 64.2 Å². The summed E-state index contributed by atoms with van der Waals surface area (Å²) in [5.41, 5.74) is 2.41. The number of rotatable bonds is 11. The summed E-state index contributed by atoms with van der Waals surface area (Å²) in [7, 11) is -3.56. The van der Waals surface area contributed by atoms with Crippen LogP contribution in [0.15, 0.2) is 53.6 Å². The van der Waals surface area contributed by atoms with E-state index in [1.54, 1.807) is 24.3 Å². The first-order valence-corrected chi connectivity index (χ1v) is 14.2. The molecule has 2 aliphatic rings. The molecular formula is C26H33ClN4O3S. The van der Waals surface area contributed by atoms with Crippen LogP contribution in [0.1, 0.15) is 24.8 Å². The number of piperazine rings is 1. The summed E-state index contributed by atoms with van der Waals surface area (Å²) in [6, 6.07) is 12.5. The molecule has 188 valence electrons. The van der Waals surface area contributed by atoms with Gasteiger partial charge in [-0.15, -0.1) is 0 Å². The van der Waals surface area contributed by atoms with Crippen molar-refractivity contribution in [2.24, 2.45) is 5.41 Å². The first kappa shape index (κ1) is 24.6. The number of hydrogen-bond acceptors (Lipinski definition) is 5. The molecule has 35 heavy (non-hydrogen) atoms. The van der Waals surface area contributed by atoms with Crippen molar-refractivity contribution < 1.29 is 13.2 Å². The van der Waals surface area contributed by atoms with Crippen molar-refractivity contribution in [1.29, 1.82) is 0 Å². The van der Waals surface area contributed by atoms with Gasteiger partial charge >= 0.3 is 0 Å². The van der Waals surface area contributed by atoms with Gasteiger partial charge in [0, 0.05) is 66.8 Å². The summed E-state index contributed by atoms with van der Waals surface area (Å²) < 4.78 is 34.2. The maximum atomic E-state index is 12.7. The Hall–Kier alpha value is -2.10. The summed E-state index contributed by atoms with van der Waals surface area (Å²) in [6.45, 7) is 6.42. The third-order valence-corrected chi connectivity index (χ3v) is 8.76. The molecule has 5 rings (SSSR count). The van der Waals surface area contributed by atoms with Crippen LogP contribution in [0.3, 0.4) is 0 Å². The SMILES string of the molecule is O=S(=O)(NCCCc1c[nH]c2ccc(Cl)cc12)c1ccc(OCC2(CN3CCNCC3)CC2)cc1. The van der Waals surface area contributed by atoms with E-state index < -0.39 is 10.0 Å². The minimum Gasteiger partial charge on any atom is -0.493 e. The van der Waals surface area contributed by atoms with Gasteiger partial charge < -0.3 is 19.9 Å². The van der Waals surface area contributed by atoms with Crippen LogP contribution in [0.2, 0.25) is 5.02 Å². The minimum atomic E-state index is -3.56. The molecule has 0 unspecified atom stereocenters. The molecule has 1 aromatic heterocycles. The van der Waals surface area contributed by atoms with Crippen LogP contribution in [0, 0.1) is 5.41 Å². The number of nitrogens with zero attached hydrogens (tertiary/aromatic N) is 1. The van der Waals surface area contributed by atoms with Crippen LogP contribution in [0.5, 0.6) is 5.75 Å². The highest BCUT2D eigenvalue weighted by molar-refractivity contribution is 7.89. The Bertz CT molecular complexity index is 1250. The van der Waals surface area contributed by atoms with Crippen LogP contribution in [0.4, 0.5) is 0 Å². The van der Waals surface area contributed by atoms with Gasteiger partial charge in [0.15, 0.2) is 0 Å². The highest BCUT2D eigenvalue weighted by Gasteiger charge is 2.44. The number of benzene rings is 2. The Morgan fingerprint density at radius 3 is 2.60 bits per heavy atom. The van der Waals surface area contributed by atoms with Crippen molar-refractivity contribution in [3.05, 3.63) is 59.2 Å². The van der Waals surface area contributed by atoms with E-state index in [0.29, 0.717) is 30.3 Å². The van der Waals surface area contributed by atoms with Gasteiger partial charge in [-0.25, -0.2) is 13.1 Å². The molecule has 1 saturated carbocycles. The lowest BCUT2D eigenvalue weighted by Crippen LogP contribution is -2.46. The summed E-state index contributed by atoms with van der Waals surface area (Å²) >= 11 is 6.11. The Labute approximate surface area is 212 Å². The number of nitrogens with one attached hydrogen (secondary N) is 3. The average molecular weight is 517 g/mol. The first-order chi connectivity index (χ1) is 16.9. The van der Waals surface area contributed by atoms with Gasteiger partial charge in [-0.2, -0.15) is 0 Å². The quantitative estimate of drug-likeness (QED) is 0.337. The molecule has 0 radical (unpaired) electrons. The molecule has 9 heteroatoms. The third-order valence-electron chi connectivity index (χ3n) is 7.05. The van der Waals surface area contributed by atoms with Crippen molar-refractivity contribution in [1.82, 2.24) is 19.9 Å². The minimum absolute atomic E-state index is 0.250. The lowest BCUT2D eigenvalue weighted by Gasteiger charge is -2.31. The van der Waals surface area contributed by atoms with Gasteiger partial charge in [-0.1, -0.05) is 11.6 Å². The molecule has 0 spiro atoms. The lowest BCUT2D eigenvalue weighted by atomic mass is 10.1. The maximum Gasteiger partial charge on any atom is 0.240 e. The van der Waals surface area contributed by atoms with Crippen molar-refractivity contribution in [2.75, 3.05) is 45.9 Å². The molecule has 7 nitrogen and oxygen atoms in total. The summed E-state index contributed by atoms with van der Waals surface area (Å²) in [6.07, 6.45) is 5.79. The van der Waals surface area contributed by atoms with E-state index >= 15 is 0 Å². The molecule has 2 heterocycles. The van der Waals surface area contributed by atoms with Gasteiger partial charge in [-0.3, -0.25) is 0 Å². The molecular weight excluding hydrogens is 484 g/mol. The molecule has 0 atom stereocenters.